The van der Waals surface area contributed by atoms with Gasteiger partial charge in [-0.25, -0.2) is 4.79 Å². The molecule has 1 heterocycles. The predicted octanol–water partition coefficient (Wildman–Crippen LogP) is 3.23. The normalized spacial score (nSPS) is 13.4. The summed E-state index contributed by atoms with van der Waals surface area (Å²) in [5.74, 6) is -0.779. The molecule has 0 saturated carbocycles. The average Bonchev–Trinajstić information content (AvgIpc) is 2.97. The van der Waals surface area contributed by atoms with E-state index in [1.165, 1.54) is 11.3 Å². The third-order valence-electron chi connectivity index (χ3n) is 4.26. The van der Waals surface area contributed by atoms with E-state index in [0.29, 0.717) is 5.56 Å². The molecule has 0 bridgehead atoms. The molecule has 1 aromatic heterocycles. The van der Waals surface area contributed by atoms with Crippen molar-refractivity contribution in [2.45, 2.75) is 39.2 Å². The topological polar surface area (TPSA) is 42.2 Å². The Morgan fingerprint density at radius 3 is 2.70 bits per heavy atom. The van der Waals surface area contributed by atoms with Crippen LogP contribution < -0.4 is 0 Å². The summed E-state index contributed by atoms with van der Waals surface area (Å²) in [6.45, 7) is 2.80. The molecule has 3 nitrogen and oxygen atoms in total. The Balaban J connectivity index is 1.90. The molecular formula is C17H19NO2. The molecule has 0 spiro atoms. The summed E-state index contributed by atoms with van der Waals surface area (Å²) in [5.41, 5.74) is 5.08. The average molecular weight is 269 g/mol. The molecule has 3 rings (SSSR count). The summed E-state index contributed by atoms with van der Waals surface area (Å²) < 4.78 is 2.22. The first kappa shape index (κ1) is 13.0. The van der Waals surface area contributed by atoms with Gasteiger partial charge in [0.1, 0.15) is 0 Å². The van der Waals surface area contributed by atoms with Gasteiger partial charge in [-0.3, -0.25) is 0 Å². The lowest BCUT2D eigenvalue weighted by atomic mass is 10.1. The number of nitrogens with zero attached hydrogens (tertiary/aromatic N) is 1. The zero-order valence-electron chi connectivity index (χ0n) is 11.7. The molecule has 1 N–H and O–H groups in total. The molecule has 0 aliphatic heterocycles. The third-order valence-corrected chi connectivity index (χ3v) is 4.26. The molecular weight excluding hydrogens is 250 g/mol. The third kappa shape index (κ3) is 2.13. The van der Waals surface area contributed by atoms with E-state index in [4.69, 9.17) is 0 Å². The van der Waals surface area contributed by atoms with Gasteiger partial charge < -0.3 is 9.67 Å². The Morgan fingerprint density at radius 1 is 1.25 bits per heavy atom. The van der Waals surface area contributed by atoms with Gasteiger partial charge in [0.15, 0.2) is 0 Å². The van der Waals surface area contributed by atoms with Crippen LogP contribution in [-0.4, -0.2) is 15.6 Å². The van der Waals surface area contributed by atoms with E-state index < -0.39 is 5.97 Å². The largest absolute Gasteiger partial charge is 0.478 e. The van der Waals surface area contributed by atoms with Gasteiger partial charge in [-0.15, -0.1) is 0 Å². The van der Waals surface area contributed by atoms with Crippen molar-refractivity contribution in [3.63, 3.8) is 0 Å². The molecule has 1 aliphatic rings. The highest BCUT2D eigenvalue weighted by Crippen LogP contribution is 2.31. The number of carboxylic acids is 1. The van der Waals surface area contributed by atoms with Crippen molar-refractivity contribution < 1.29 is 9.90 Å². The van der Waals surface area contributed by atoms with Crippen LogP contribution in [-0.2, 0) is 25.8 Å². The van der Waals surface area contributed by atoms with E-state index in [1.807, 2.05) is 25.1 Å². The van der Waals surface area contributed by atoms with Gasteiger partial charge in [-0.05, 0) is 43.7 Å². The van der Waals surface area contributed by atoms with Gasteiger partial charge >= 0.3 is 5.97 Å². The Labute approximate surface area is 118 Å². The molecule has 0 radical (unpaired) electrons. The Bertz CT molecular complexity index is 641. The van der Waals surface area contributed by atoms with E-state index >= 15 is 0 Å². The number of fused-ring (bicyclic) bond motifs is 1. The summed E-state index contributed by atoms with van der Waals surface area (Å²) in [6.07, 6.45) is 3.95. The van der Waals surface area contributed by atoms with Crippen LogP contribution in [0.3, 0.4) is 0 Å². The van der Waals surface area contributed by atoms with E-state index in [2.05, 4.69) is 16.7 Å². The number of aromatic nitrogens is 1. The van der Waals surface area contributed by atoms with Gasteiger partial charge in [-0.1, -0.05) is 30.3 Å². The molecule has 0 fully saturated rings. The smallest absolute Gasteiger partial charge is 0.337 e. The van der Waals surface area contributed by atoms with Crippen LogP contribution in [0.1, 0.15) is 39.3 Å². The Kier molecular flexibility index (Phi) is 3.35. The number of carbonyl (C=O) groups is 1. The molecule has 0 amide bonds. The quantitative estimate of drug-likeness (QED) is 0.926. The summed E-state index contributed by atoms with van der Waals surface area (Å²) >= 11 is 0. The van der Waals surface area contributed by atoms with Crippen molar-refractivity contribution in [1.29, 1.82) is 0 Å². The van der Waals surface area contributed by atoms with Crippen molar-refractivity contribution in [1.82, 2.24) is 4.57 Å². The zero-order chi connectivity index (χ0) is 14.1. The monoisotopic (exact) mass is 269 g/mol. The van der Waals surface area contributed by atoms with Crippen molar-refractivity contribution in [2.75, 3.05) is 0 Å². The van der Waals surface area contributed by atoms with Crippen molar-refractivity contribution >= 4 is 5.97 Å². The first-order chi connectivity index (χ1) is 9.68. The second kappa shape index (κ2) is 5.16. The highest BCUT2D eigenvalue weighted by atomic mass is 16.4. The lowest BCUT2D eigenvalue weighted by Crippen LogP contribution is -2.08. The maximum atomic E-state index is 11.5. The van der Waals surface area contributed by atoms with E-state index in [-0.39, 0.29) is 0 Å². The minimum Gasteiger partial charge on any atom is -0.478 e. The second-order valence-corrected chi connectivity index (χ2v) is 5.43. The zero-order valence-corrected chi connectivity index (χ0v) is 11.7. The molecule has 0 saturated heterocycles. The molecule has 2 aromatic rings. The van der Waals surface area contributed by atoms with Crippen molar-refractivity contribution in [3.8, 4) is 0 Å². The maximum Gasteiger partial charge on any atom is 0.337 e. The number of carboxylic acid groups (broad SMARTS) is 1. The minimum atomic E-state index is -0.779. The fourth-order valence-corrected chi connectivity index (χ4v) is 3.32. The molecule has 1 aliphatic carbocycles. The number of hydrogen-bond donors (Lipinski definition) is 1. The van der Waals surface area contributed by atoms with Gasteiger partial charge in [-0.2, -0.15) is 0 Å². The fraction of sp³-hybridized carbons (Fsp3) is 0.353. The molecule has 20 heavy (non-hydrogen) atoms. The van der Waals surface area contributed by atoms with Crippen LogP contribution in [0.5, 0.6) is 0 Å². The van der Waals surface area contributed by atoms with Gasteiger partial charge in [0.25, 0.3) is 0 Å². The molecule has 0 atom stereocenters. The summed E-state index contributed by atoms with van der Waals surface area (Å²) in [7, 11) is 0. The Morgan fingerprint density at radius 2 is 2.00 bits per heavy atom. The van der Waals surface area contributed by atoms with Crippen LogP contribution >= 0.6 is 0 Å². The first-order valence-electron chi connectivity index (χ1n) is 7.16. The summed E-state index contributed by atoms with van der Waals surface area (Å²) in [5, 5.41) is 9.42. The summed E-state index contributed by atoms with van der Waals surface area (Å²) in [6, 6.07) is 10.4. The van der Waals surface area contributed by atoms with Crippen LogP contribution in [0.4, 0.5) is 0 Å². The van der Waals surface area contributed by atoms with Crippen molar-refractivity contribution in [2.24, 2.45) is 0 Å². The van der Waals surface area contributed by atoms with Crippen molar-refractivity contribution in [3.05, 3.63) is 58.4 Å². The highest BCUT2D eigenvalue weighted by molar-refractivity contribution is 5.91. The standard InChI is InChI=1S/C17H19NO2/c1-12-16(17(19)20)14-8-5-9-15(14)18(12)11-10-13-6-3-2-4-7-13/h2-4,6-7H,5,8-11H2,1H3,(H,19,20). The predicted molar refractivity (Wildman–Crippen MR) is 78.3 cm³/mol. The Hall–Kier alpha value is -2.03. The van der Waals surface area contributed by atoms with Crippen LogP contribution in [0.25, 0.3) is 0 Å². The maximum absolute atomic E-state index is 11.5. The molecule has 0 unspecified atom stereocenters. The van der Waals surface area contributed by atoms with Crippen LogP contribution in [0.15, 0.2) is 30.3 Å². The lowest BCUT2D eigenvalue weighted by Gasteiger charge is -2.10. The lowest BCUT2D eigenvalue weighted by molar-refractivity contribution is 0.0695. The second-order valence-electron chi connectivity index (χ2n) is 5.43. The minimum absolute atomic E-state index is 0.547. The van der Waals surface area contributed by atoms with Gasteiger partial charge in [0, 0.05) is 17.9 Å². The number of aromatic carboxylic acids is 1. The van der Waals surface area contributed by atoms with E-state index in [0.717, 1.165) is 43.5 Å². The number of aryl methyl sites for hydroxylation is 1. The first-order valence-corrected chi connectivity index (χ1v) is 7.16. The number of hydrogen-bond acceptors (Lipinski definition) is 1. The van der Waals surface area contributed by atoms with E-state index in [9.17, 15) is 9.90 Å². The molecule has 3 heteroatoms. The SMILES string of the molecule is Cc1c(C(=O)O)c2c(n1CCc1ccccc1)CCC2. The number of rotatable bonds is 4. The highest BCUT2D eigenvalue weighted by Gasteiger charge is 2.27. The molecule has 1 aromatic carbocycles. The van der Waals surface area contributed by atoms with Gasteiger partial charge in [0.05, 0.1) is 5.56 Å². The van der Waals surface area contributed by atoms with E-state index in [1.54, 1.807) is 0 Å². The fourth-order valence-electron chi connectivity index (χ4n) is 3.32. The van der Waals surface area contributed by atoms with Crippen LogP contribution in [0, 0.1) is 6.92 Å². The molecule has 104 valence electrons. The summed E-state index contributed by atoms with van der Waals surface area (Å²) in [4.78, 5) is 11.5. The number of benzene rings is 1. The van der Waals surface area contributed by atoms with Crippen LogP contribution in [0.2, 0.25) is 0 Å². The van der Waals surface area contributed by atoms with Gasteiger partial charge in [0.2, 0.25) is 0 Å².